The van der Waals surface area contributed by atoms with Crippen molar-refractivity contribution in [3.63, 3.8) is 0 Å². The van der Waals surface area contributed by atoms with Crippen LogP contribution in [0.4, 0.5) is 10.1 Å². The van der Waals surface area contributed by atoms with Crippen LogP contribution in [0.1, 0.15) is 40.6 Å². The van der Waals surface area contributed by atoms with Crippen LogP contribution in [0, 0.1) is 12.7 Å². The van der Waals surface area contributed by atoms with E-state index in [0.717, 1.165) is 16.7 Å². The van der Waals surface area contributed by atoms with E-state index >= 15 is 0 Å². The average Bonchev–Trinajstić information content (AvgIpc) is 3.15. The molecule has 0 saturated heterocycles. The quantitative estimate of drug-likeness (QED) is 0.263. The fourth-order valence-electron chi connectivity index (χ4n) is 4.41. The van der Waals surface area contributed by atoms with Crippen molar-refractivity contribution in [3.05, 3.63) is 98.8 Å². The number of amides is 1. The lowest BCUT2D eigenvalue weighted by Gasteiger charge is -2.28. The molecule has 4 N–H and O–H groups in total. The number of aliphatic imine (C=N–C) groups is 1. The van der Waals surface area contributed by atoms with Crippen LogP contribution >= 0.6 is 23.2 Å². The number of aryl methyl sites for hydroxylation is 2. The molecular formula is C27H27Cl2FN4O. The van der Waals surface area contributed by atoms with Crippen LogP contribution < -0.4 is 16.4 Å². The first kappa shape index (κ1) is 25.2. The van der Waals surface area contributed by atoms with Gasteiger partial charge in [0.1, 0.15) is 5.82 Å². The molecule has 182 valence electrons. The van der Waals surface area contributed by atoms with E-state index in [2.05, 4.69) is 15.6 Å². The number of nitrogens with zero attached hydrogens (tertiary/aromatic N) is 1. The fraction of sp³-hybridized carbons (Fsp3) is 0.259. The maximum atomic E-state index is 14.4. The fourth-order valence-corrected chi connectivity index (χ4v) is 4.79. The molecule has 0 fully saturated rings. The molecule has 0 radical (unpaired) electrons. The lowest BCUT2D eigenvalue weighted by atomic mass is 9.85. The van der Waals surface area contributed by atoms with Gasteiger partial charge in [0.25, 0.3) is 0 Å². The molecular weight excluding hydrogens is 486 g/mol. The van der Waals surface area contributed by atoms with Crippen LogP contribution in [-0.4, -0.2) is 24.8 Å². The van der Waals surface area contributed by atoms with Gasteiger partial charge in [0, 0.05) is 28.7 Å². The van der Waals surface area contributed by atoms with Gasteiger partial charge in [-0.3, -0.25) is 9.79 Å². The number of nitrogens with one attached hydrogen (secondary N) is 2. The van der Waals surface area contributed by atoms with Crippen molar-refractivity contribution in [2.45, 2.75) is 31.7 Å². The lowest BCUT2D eigenvalue weighted by Crippen LogP contribution is -2.36. The number of carbonyl (C=O) groups is 1. The molecule has 0 bridgehead atoms. The third-order valence-corrected chi connectivity index (χ3v) is 6.56. The summed E-state index contributed by atoms with van der Waals surface area (Å²) in [6, 6.07) is 17.0. The minimum absolute atomic E-state index is 0.184. The standard InChI is InChI=1S/C27H27Cl2FN4O/c1-16-5-8-20(30)15-22(16)26(25-21-9-7-19(29)14-23(21)33-27(25)35)34-24(32-12-11-31)10-6-17-3-2-4-18(28)13-17/h2-5,7-9,13-15,25-26H,6,10-12,31H2,1H3,(H,32,34)(H,33,35)/t25-,26?/m0/s1. The molecule has 0 aromatic heterocycles. The van der Waals surface area contributed by atoms with Gasteiger partial charge in [-0.1, -0.05) is 47.5 Å². The molecule has 1 aliphatic rings. The highest BCUT2D eigenvalue weighted by Gasteiger charge is 2.39. The van der Waals surface area contributed by atoms with Gasteiger partial charge in [-0.15, -0.1) is 0 Å². The van der Waals surface area contributed by atoms with Gasteiger partial charge >= 0.3 is 0 Å². The van der Waals surface area contributed by atoms with E-state index in [-0.39, 0.29) is 11.7 Å². The van der Waals surface area contributed by atoms with Crippen LogP contribution in [0.3, 0.4) is 0 Å². The van der Waals surface area contributed by atoms with Crippen molar-refractivity contribution in [2.24, 2.45) is 10.7 Å². The van der Waals surface area contributed by atoms with Crippen molar-refractivity contribution in [2.75, 3.05) is 18.4 Å². The molecule has 5 nitrogen and oxygen atoms in total. The topological polar surface area (TPSA) is 79.5 Å². The largest absolute Gasteiger partial charge is 0.366 e. The Morgan fingerprint density at radius 3 is 2.71 bits per heavy atom. The van der Waals surface area contributed by atoms with E-state index in [9.17, 15) is 9.18 Å². The Morgan fingerprint density at radius 1 is 1.14 bits per heavy atom. The Labute approximate surface area is 214 Å². The average molecular weight is 513 g/mol. The number of amidine groups is 1. The number of rotatable bonds is 8. The van der Waals surface area contributed by atoms with Crippen LogP contribution in [0.15, 0.2) is 65.7 Å². The molecule has 8 heteroatoms. The molecule has 4 rings (SSSR count). The number of carbonyl (C=O) groups excluding carboxylic acids is 1. The van der Waals surface area contributed by atoms with Crippen LogP contribution in [0.5, 0.6) is 0 Å². The van der Waals surface area contributed by atoms with E-state index in [4.69, 9.17) is 28.9 Å². The van der Waals surface area contributed by atoms with Crippen LogP contribution in [-0.2, 0) is 11.2 Å². The zero-order chi connectivity index (χ0) is 24.9. The summed E-state index contributed by atoms with van der Waals surface area (Å²) < 4.78 is 14.4. The number of hydrogen-bond acceptors (Lipinski definition) is 3. The molecule has 1 amide bonds. The second-order valence-corrected chi connectivity index (χ2v) is 9.44. The zero-order valence-electron chi connectivity index (χ0n) is 19.3. The number of fused-ring (bicyclic) bond motifs is 1. The van der Waals surface area contributed by atoms with E-state index in [1.807, 2.05) is 37.3 Å². The Hall–Kier alpha value is -2.93. The van der Waals surface area contributed by atoms with E-state index in [0.29, 0.717) is 53.1 Å². The monoisotopic (exact) mass is 512 g/mol. The summed E-state index contributed by atoms with van der Waals surface area (Å²) >= 11 is 12.3. The highest BCUT2D eigenvalue weighted by atomic mass is 35.5. The summed E-state index contributed by atoms with van der Waals surface area (Å²) in [6.45, 7) is 2.72. The second kappa shape index (κ2) is 11.2. The van der Waals surface area contributed by atoms with E-state index in [1.54, 1.807) is 18.2 Å². The summed E-state index contributed by atoms with van der Waals surface area (Å²) in [5, 5.41) is 7.61. The van der Waals surface area contributed by atoms with E-state index in [1.165, 1.54) is 12.1 Å². The molecule has 3 aromatic rings. The summed E-state index contributed by atoms with van der Waals surface area (Å²) in [5.41, 5.74) is 9.82. The maximum Gasteiger partial charge on any atom is 0.234 e. The Bertz CT molecular complexity index is 1260. The molecule has 3 aromatic carbocycles. The third-order valence-electron chi connectivity index (χ3n) is 6.09. The SMILES string of the molecule is Cc1ccc(F)cc1C(NC(CCc1cccc(Cl)c1)=NCCN)[C@H]1C(=O)Nc2cc(Cl)ccc21. The summed E-state index contributed by atoms with van der Waals surface area (Å²) in [5.74, 6) is -0.459. The Kier molecular flexibility index (Phi) is 8.06. The van der Waals surface area contributed by atoms with Crippen molar-refractivity contribution in [1.29, 1.82) is 0 Å². The van der Waals surface area contributed by atoms with Gasteiger partial charge in [-0.25, -0.2) is 4.39 Å². The highest BCUT2D eigenvalue weighted by Crippen LogP contribution is 2.42. The molecule has 35 heavy (non-hydrogen) atoms. The van der Waals surface area contributed by atoms with Gasteiger partial charge < -0.3 is 16.4 Å². The van der Waals surface area contributed by atoms with Crippen LogP contribution in [0.25, 0.3) is 0 Å². The Morgan fingerprint density at radius 2 is 1.94 bits per heavy atom. The minimum Gasteiger partial charge on any atom is -0.366 e. The summed E-state index contributed by atoms with van der Waals surface area (Å²) in [6.07, 6.45) is 1.27. The molecule has 1 unspecified atom stereocenters. The summed E-state index contributed by atoms with van der Waals surface area (Å²) in [4.78, 5) is 17.9. The number of nitrogens with two attached hydrogens (primary N) is 1. The molecule has 0 spiro atoms. The third kappa shape index (κ3) is 6.01. The van der Waals surface area contributed by atoms with Crippen molar-refractivity contribution in [1.82, 2.24) is 5.32 Å². The van der Waals surface area contributed by atoms with Gasteiger partial charge in [0.2, 0.25) is 5.91 Å². The zero-order valence-corrected chi connectivity index (χ0v) is 20.8. The predicted octanol–water partition coefficient (Wildman–Crippen LogP) is 5.80. The first-order chi connectivity index (χ1) is 16.9. The first-order valence-electron chi connectivity index (χ1n) is 11.5. The second-order valence-electron chi connectivity index (χ2n) is 8.57. The highest BCUT2D eigenvalue weighted by molar-refractivity contribution is 6.31. The Balaban J connectivity index is 1.71. The van der Waals surface area contributed by atoms with Gasteiger partial charge in [-0.2, -0.15) is 0 Å². The van der Waals surface area contributed by atoms with Crippen LogP contribution in [0.2, 0.25) is 10.0 Å². The normalized spacial score (nSPS) is 16.1. The maximum absolute atomic E-state index is 14.4. The van der Waals surface area contributed by atoms with Gasteiger partial charge in [0.15, 0.2) is 0 Å². The smallest absolute Gasteiger partial charge is 0.234 e. The number of anilines is 1. The molecule has 1 aliphatic heterocycles. The van der Waals surface area contributed by atoms with Crippen molar-refractivity contribution >= 4 is 40.6 Å². The van der Waals surface area contributed by atoms with Gasteiger partial charge in [-0.05, 0) is 72.0 Å². The summed E-state index contributed by atoms with van der Waals surface area (Å²) in [7, 11) is 0. The van der Waals surface area contributed by atoms with Gasteiger partial charge in [0.05, 0.1) is 24.3 Å². The lowest BCUT2D eigenvalue weighted by molar-refractivity contribution is -0.117. The first-order valence-corrected chi connectivity index (χ1v) is 12.2. The molecule has 0 saturated carbocycles. The van der Waals surface area contributed by atoms with Crippen molar-refractivity contribution in [3.8, 4) is 0 Å². The van der Waals surface area contributed by atoms with E-state index < -0.39 is 12.0 Å². The molecule has 2 atom stereocenters. The minimum atomic E-state index is -0.600. The number of benzene rings is 3. The number of hydrogen-bond donors (Lipinski definition) is 3. The van der Waals surface area contributed by atoms with Crippen molar-refractivity contribution < 1.29 is 9.18 Å². The number of halogens is 3. The molecule has 1 heterocycles. The predicted molar refractivity (Wildman–Crippen MR) is 141 cm³/mol. The molecule has 0 aliphatic carbocycles.